The minimum Gasteiger partial charge on any atom is -0.306 e. The van der Waals surface area contributed by atoms with Gasteiger partial charge in [-0.2, -0.15) is 4.39 Å². The lowest BCUT2D eigenvalue weighted by molar-refractivity contribution is 0.536. The highest BCUT2D eigenvalue weighted by atomic mass is 19.1. The first-order valence-electron chi connectivity index (χ1n) is 10.9. The Morgan fingerprint density at radius 3 is 1.70 bits per heavy atom. The normalized spacial score (nSPS) is 11.8. The van der Waals surface area contributed by atoms with Crippen molar-refractivity contribution < 1.29 is 4.39 Å². The third-order valence-corrected chi connectivity index (χ3v) is 6.29. The molecule has 0 bridgehead atoms. The molecular formula is C29H20FN3. The summed E-state index contributed by atoms with van der Waals surface area (Å²) in [5.41, 5.74) is 3.91. The molecule has 6 rings (SSSR count). The maximum Gasteiger partial charge on any atom is 0.214 e. The number of rotatable bonds is 4. The summed E-state index contributed by atoms with van der Waals surface area (Å²) >= 11 is 0. The van der Waals surface area contributed by atoms with Crippen LogP contribution in [-0.2, 0) is 5.54 Å². The second-order valence-electron chi connectivity index (χ2n) is 8.04. The van der Waals surface area contributed by atoms with Crippen LogP contribution >= 0.6 is 0 Å². The Hall–Kier alpha value is -4.31. The van der Waals surface area contributed by atoms with Gasteiger partial charge >= 0.3 is 0 Å². The van der Waals surface area contributed by atoms with Crippen LogP contribution in [-0.4, -0.2) is 14.5 Å². The summed E-state index contributed by atoms with van der Waals surface area (Å²) in [6.45, 7) is 0. The van der Waals surface area contributed by atoms with E-state index in [0.717, 1.165) is 33.0 Å². The second kappa shape index (κ2) is 7.68. The average Bonchev–Trinajstić information content (AvgIpc) is 3.20. The minimum absolute atomic E-state index is 0.511. The SMILES string of the molecule is Fc1ccc2c3cnccc3n(C(c3ccccc3)(c3ccccc3)c3ccccc3)c2n1. The van der Waals surface area contributed by atoms with Gasteiger partial charge in [-0.1, -0.05) is 91.0 Å². The van der Waals surface area contributed by atoms with Gasteiger partial charge in [0, 0.05) is 23.2 Å². The lowest BCUT2D eigenvalue weighted by atomic mass is 9.76. The number of benzene rings is 3. The highest BCUT2D eigenvalue weighted by molar-refractivity contribution is 6.06. The molecule has 0 spiro atoms. The molecule has 0 amide bonds. The van der Waals surface area contributed by atoms with E-state index in [1.54, 1.807) is 12.3 Å². The molecule has 3 nitrogen and oxygen atoms in total. The fourth-order valence-corrected chi connectivity index (χ4v) is 4.97. The van der Waals surface area contributed by atoms with E-state index in [2.05, 4.69) is 50.9 Å². The minimum atomic E-state index is -0.786. The molecule has 0 saturated carbocycles. The van der Waals surface area contributed by atoms with E-state index in [-0.39, 0.29) is 0 Å². The fraction of sp³-hybridized carbons (Fsp3) is 0.0345. The maximum absolute atomic E-state index is 14.6. The van der Waals surface area contributed by atoms with Gasteiger partial charge in [-0.15, -0.1) is 0 Å². The van der Waals surface area contributed by atoms with Crippen LogP contribution in [0.15, 0.2) is 122 Å². The first-order chi connectivity index (χ1) is 16.3. The van der Waals surface area contributed by atoms with Crippen molar-refractivity contribution in [1.82, 2.24) is 14.5 Å². The summed E-state index contributed by atoms with van der Waals surface area (Å²) < 4.78 is 16.8. The molecule has 6 aromatic rings. The second-order valence-corrected chi connectivity index (χ2v) is 8.04. The largest absolute Gasteiger partial charge is 0.306 e. The maximum atomic E-state index is 14.6. The van der Waals surface area contributed by atoms with Gasteiger partial charge in [0.05, 0.1) is 5.52 Å². The van der Waals surface area contributed by atoms with Crippen molar-refractivity contribution in [2.75, 3.05) is 0 Å². The van der Waals surface area contributed by atoms with E-state index < -0.39 is 11.5 Å². The number of nitrogens with zero attached hydrogens (tertiary/aromatic N) is 3. The average molecular weight is 429 g/mol. The standard InChI is InChI=1S/C29H20FN3/c30-27-17-16-24-25-20-31-19-18-26(25)33(28(24)32-27)29(21-10-4-1-5-11-21,22-12-6-2-7-13-22)23-14-8-3-9-15-23/h1-20H. The van der Waals surface area contributed by atoms with Crippen LogP contribution in [0.5, 0.6) is 0 Å². The zero-order valence-corrected chi connectivity index (χ0v) is 17.8. The number of fused-ring (bicyclic) bond motifs is 3. The predicted molar refractivity (Wildman–Crippen MR) is 130 cm³/mol. The van der Waals surface area contributed by atoms with E-state index >= 15 is 0 Å². The Morgan fingerprint density at radius 2 is 1.15 bits per heavy atom. The van der Waals surface area contributed by atoms with Crippen LogP contribution in [0, 0.1) is 5.95 Å². The molecule has 3 aromatic carbocycles. The lowest BCUT2D eigenvalue weighted by Crippen LogP contribution is -2.37. The van der Waals surface area contributed by atoms with Crippen molar-refractivity contribution in [3.05, 3.63) is 144 Å². The van der Waals surface area contributed by atoms with Crippen LogP contribution < -0.4 is 0 Å². The molecule has 0 aliphatic carbocycles. The van der Waals surface area contributed by atoms with Crippen molar-refractivity contribution in [3.8, 4) is 0 Å². The Labute approximate surface area is 190 Å². The van der Waals surface area contributed by atoms with Crippen molar-refractivity contribution in [3.63, 3.8) is 0 Å². The van der Waals surface area contributed by atoms with E-state index in [1.165, 1.54) is 6.07 Å². The zero-order valence-electron chi connectivity index (χ0n) is 17.8. The predicted octanol–water partition coefficient (Wildman–Crippen LogP) is 6.56. The third-order valence-electron chi connectivity index (χ3n) is 6.29. The molecular weight excluding hydrogens is 409 g/mol. The summed E-state index contributed by atoms with van der Waals surface area (Å²) in [5.74, 6) is -0.511. The Bertz CT molecular complexity index is 1460. The molecule has 33 heavy (non-hydrogen) atoms. The first kappa shape index (κ1) is 19.4. The lowest BCUT2D eigenvalue weighted by Gasteiger charge is -2.38. The number of pyridine rings is 2. The van der Waals surface area contributed by atoms with Gasteiger partial charge in [0.2, 0.25) is 5.95 Å². The van der Waals surface area contributed by atoms with E-state index in [4.69, 9.17) is 0 Å². The van der Waals surface area contributed by atoms with Gasteiger partial charge in [0.15, 0.2) is 0 Å². The highest BCUT2D eigenvalue weighted by Gasteiger charge is 2.40. The molecule has 0 atom stereocenters. The molecule has 0 unspecified atom stereocenters. The third kappa shape index (κ3) is 2.88. The van der Waals surface area contributed by atoms with Crippen LogP contribution in [0.25, 0.3) is 21.9 Å². The summed E-state index contributed by atoms with van der Waals surface area (Å²) in [6, 6.07) is 36.2. The quantitative estimate of drug-likeness (QED) is 0.235. The number of hydrogen-bond donors (Lipinski definition) is 0. The van der Waals surface area contributed by atoms with Gasteiger partial charge in [0.1, 0.15) is 11.2 Å². The number of hydrogen-bond acceptors (Lipinski definition) is 2. The first-order valence-corrected chi connectivity index (χ1v) is 10.9. The van der Waals surface area contributed by atoms with E-state index in [9.17, 15) is 4.39 Å². The Morgan fingerprint density at radius 1 is 0.606 bits per heavy atom. The van der Waals surface area contributed by atoms with Crippen molar-refractivity contribution >= 4 is 21.9 Å². The van der Waals surface area contributed by atoms with Crippen molar-refractivity contribution in [2.24, 2.45) is 0 Å². The topological polar surface area (TPSA) is 30.7 Å². The molecule has 0 fully saturated rings. The van der Waals surface area contributed by atoms with Gasteiger partial charge in [-0.25, -0.2) is 4.98 Å². The summed E-state index contributed by atoms with van der Waals surface area (Å²) in [7, 11) is 0. The van der Waals surface area contributed by atoms with E-state index in [1.807, 2.05) is 66.9 Å². The Kier molecular flexibility index (Phi) is 4.51. The molecule has 158 valence electrons. The highest BCUT2D eigenvalue weighted by Crippen LogP contribution is 2.45. The number of halogens is 1. The van der Waals surface area contributed by atoms with Gasteiger partial charge in [-0.05, 0) is 34.9 Å². The smallest absolute Gasteiger partial charge is 0.214 e. The number of aromatic nitrogens is 3. The van der Waals surface area contributed by atoms with Crippen molar-refractivity contribution in [2.45, 2.75) is 5.54 Å². The van der Waals surface area contributed by atoms with E-state index in [0.29, 0.717) is 5.65 Å². The van der Waals surface area contributed by atoms with Crippen molar-refractivity contribution in [1.29, 1.82) is 0 Å². The van der Waals surface area contributed by atoms with Crippen LogP contribution in [0.3, 0.4) is 0 Å². The molecule has 0 radical (unpaired) electrons. The Balaban J connectivity index is 1.90. The molecule has 0 N–H and O–H groups in total. The zero-order chi connectivity index (χ0) is 22.3. The molecule has 3 aromatic heterocycles. The fourth-order valence-electron chi connectivity index (χ4n) is 4.97. The summed E-state index contributed by atoms with van der Waals surface area (Å²) in [6.07, 6.45) is 3.61. The monoisotopic (exact) mass is 429 g/mol. The molecule has 4 heteroatoms. The van der Waals surface area contributed by atoms with Gasteiger partial charge < -0.3 is 4.57 Å². The molecule has 0 aliphatic rings. The van der Waals surface area contributed by atoms with Crippen LogP contribution in [0.4, 0.5) is 4.39 Å². The summed E-state index contributed by atoms with van der Waals surface area (Å²) in [5, 5.41) is 1.80. The summed E-state index contributed by atoms with van der Waals surface area (Å²) in [4.78, 5) is 8.79. The molecule has 0 aliphatic heterocycles. The van der Waals surface area contributed by atoms with Gasteiger partial charge in [0.25, 0.3) is 0 Å². The van der Waals surface area contributed by atoms with Crippen LogP contribution in [0.1, 0.15) is 16.7 Å². The van der Waals surface area contributed by atoms with Crippen LogP contribution in [0.2, 0.25) is 0 Å². The molecule has 0 saturated heterocycles. The molecule has 3 heterocycles. The van der Waals surface area contributed by atoms with Gasteiger partial charge in [-0.3, -0.25) is 4.98 Å².